The van der Waals surface area contributed by atoms with Crippen LogP contribution in [-0.4, -0.2) is 32.3 Å². The maximum absolute atomic E-state index is 12.0. The number of benzene rings is 1. The van der Waals surface area contributed by atoms with Gasteiger partial charge in [0.2, 0.25) is 5.91 Å². The summed E-state index contributed by atoms with van der Waals surface area (Å²) in [5, 5.41) is 2.82. The Morgan fingerprint density at radius 2 is 2.05 bits per heavy atom. The van der Waals surface area contributed by atoms with E-state index in [1.54, 1.807) is 7.11 Å². The predicted molar refractivity (Wildman–Crippen MR) is 80.0 cm³/mol. The van der Waals surface area contributed by atoms with Crippen LogP contribution in [0.4, 0.5) is 5.69 Å². The van der Waals surface area contributed by atoms with Gasteiger partial charge < -0.3 is 20.5 Å². The van der Waals surface area contributed by atoms with E-state index in [0.717, 1.165) is 5.56 Å². The average Bonchev–Trinajstić information content (AvgIpc) is 2.40. The molecule has 0 heterocycles. The molecule has 20 heavy (non-hydrogen) atoms. The normalized spacial score (nSPS) is 12.3. The van der Waals surface area contributed by atoms with Crippen LogP contribution in [0, 0.1) is 12.8 Å². The highest BCUT2D eigenvalue weighted by Crippen LogP contribution is 2.26. The van der Waals surface area contributed by atoms with Gasteiger partial charge in [-0.1, -0.05) is 19.9 Å². The molecule has 1 atom stereocenters. The number of aryl methyl sites for hydroxylation is 1. The summed E-state index contributed by atoms with van der Waals surface area (Å²) < 4.78 is 10.6. The molecule has 1 rings (SSSR count). The lowest BCUT2D eigenvalue weighted by atomic mass is 10.0. The van der Waals surface area contributed by atoms with E-state index in [1.807, 2.05) is 39.0 Å². The van der Waals surface area contributed by atoms with Crippen molar-refractivity contribution in [2.24, 2.45) is 11.7 Å². The zero-order chi connectivity index (χ0) is 15.1. The second kappa shape index (κ2) is 7.87. The largest absolute Gasteiger partial charge is 0.489 e. The summed E-state index contributed by atoms with van der Waals surface area (Å²) in [5.74, 6) is 0.505. The van der Waals surface area contributed by atoms with Gasteiger partial charge >= 0.3 is 0 Å². The summed E-state index contributed by atoms with van der Waals surface area (Å²) in [7, 11) is 1.62. The molecule has 0 aliphatic heterocycles. The Morgan fingerprint density at radius 1 is 1.35 bits per heavy atom. The highest BCUT2D eigenvalue weighted by atomic mass is 16.5. The van der Waals surface area contributed by atoms with Gasteiger partial charge in [-0.15, -0.1) is 0 Å². The van der Waals surface area contributed by atoms with Gasteiger partial charge in [-0.05, 0) is 30.5 Å². The maximum atomic E-state index is 12.0. The topological polar surface area (TPSA) is 73.6 Å². The molecule has 3 N–H and O–H groups in total. The molecule has 0 aromatic heterocycles. The van der Waals surface area contributed by atoms with Gasteiger partial charge in [0.05, 0.1) is 18.3 Å². The Kier molecular flexibility index (Phi) is 6.48. The molecular formula is C15H24N2O3. The molecule has 112 valence electrons. The van der Waals surface area contributed by atoms with E-state index in [2.05, 4.69) is 5.32 Å². The molecule has 0 saturated carbocycles. The smallest absolute Gasteiger partial charge is 0.241 e. The minimum Gasteiger partial charge on any atom is -0.489 e. The summed E-state index contributed by atoms with van der Waals surface area (Å²) in [5.41, 5.74) is 7.53. The first kappa shape index (κ1) is 16.5. The summed E-state index contributed by atoms with van der Waals surface area (Å²) in [6.07, 6.45) is 0. The second-order valence-corrected chi connectivity index (χ2v) is 5.10. The van der Waals surface area contributed by atoms with Gasteiger partial charge in [-0.25, -0.2) is 0 Å². The number of carbonyl (C=O) groups is 1. The van der Waals surface area contributed by atoms with E-state index < -0.39 is 6.04 Å². The van der Waals surface area contributed by atoms with Crippen LogP contribution in [0.3, 0.4) is 0 Å². The summed E-state index contributed by atoms with van der Waals surface area (Å²) in [6.45, 7) is 6.71. The zero-order valence-electron chi connectivity index (χ0n) is 12.6. The third kappa shape index (κ3) is 4.83. The number of nitrogens with one attached hydrogen (secondary N) is 1. The van der Waals surface area contributed by atoms with Gasteiger partial charge in [0.25, 0.3) is 0 Å². The van der Waals surface area contributed by atoms with E-state index >= 15 is 0 Å². The van der Waals surface area contributed by atoms with Gasteiger partial charge in [0.15, 0.2) is 0 Å². The minimum atomic E-state index is -0.539. The third-order valence-corrected chi connectivity index (χ3v) is 2.96. The lowest BCUT2D eigenvalue weighted by Crippen LogP contribution is -2.39. The maximum Gasteiger partial charge on any atom is 0.241 e. The molecule has 5 nitrogen and oxygen atoms in total. The van der Waals surface area contributed by atoms with E-state index in [-0.39, 0.29) is 11.8 Å². The number of carbonyl (C=O) groups excluding carboxylic acids is 1. The SMILES string of the molecule is COCCOc1cc(C)ccc1NC(=O)[C@H](N)C(C)C. The van der Waals surface area contributed by atoms with Crippen molar-refractivity contribution in [3.05, 3.63) is 23.8 Å². The number of nitrogens with two attached hydrogens (primary N) is 1. The standard InChI is InChI=1S/C15H24N2O3/c1-10(2)14(16)15(18)17-12-6-5-11(3)9-13(12)20-8-7-19-4/h5-6,9-10,14H,7-8,16H2,1-4H3,(H,17,18)/t14-/m1/s1. The summed E-state index contributed by atoms with van der Waals surface area (Å²) in [6, 6.07) is 5.08. The number of ether oxygens (including phenoxy) is 2. The molecule has 0 aliphatic rings. The Morgan fingerprint density at radius 3 is 2.65 bits per heavy atom. The fourth-order valence-corrected chi connectivity index (χ4v) is 1.61. The first-order valence-corrected chi connectivity index (χ1v) is 6.74. The van der Waals surface area contributed by atoms with E-state index in [0.29, 0.717) is 24.7 Å². The van der Waals surface area contributed by atoms with Crippen LogP contribution in [0.2, 0.25) is 0 Å². The molecule has 0 aliphatic carbocycles. The second-order valence-electron chi connectivity index (χ2n) is 5.10. The van der Waals surface area contributed by atoms with Crippen molar-refractivity contribution < 1.29 is 14.3 Å². The van der Waals surface area contributed by atoms with Crippen LogP contribution in [0.5, 0.6) is 5.75 Å². The zero-order valence-corrected chi connectivity index (χ0v) is 12.6. The number of hydrogen-bond donors (Lipinski definition) is 2. The Labute approximate surface area is 120 Å². The fraction of sp³-hybridized carbons (Fsp3) is 0.533. The molecule has 1 aromatic carbocycles. The van der Waals surface area contributed by atoms with Crippen molar-refractivity contribution in [2.75, 3.05) is 25.6 Å². The fourth-order valence-electron chi connectivity index (χ4n) is 1.61. The predicted octanol–water partition coefficient (Wildman–Crippen LogP) is 1.94. The first-order chi connectivity index (χ1) is 9.45. The van der Waals surface area contributed by atoms with Gasteiger partial charge in [-0.2, -0.15) is 0 Å². The quantitative estimate of drug-likeness (QED) is 0.749. The number of hydrogen-bond acceptors (Lipinski definition) is 4. The van der Waals surface area contributed by atoms with Crippen molar-refractivity contribution in [1.29, 1.82) is 0 Å². The van der Waals surface area contributed by atoms with E-state index in [1.165, 1.54) is 0 Å². The molecule has 1 aromatic rings. The van der Waals surface area contributed by atoms with Gasteiger partial charge in [0, 0.05) is 7.11 Å². The van der Waals surface area contributed by atoms with Crippen LogP contribution in [-0.2, 0) is 9.53 Å². The van der Waals surface area contributed by atoms with Crippen molar-refractivity contribution in [3.63, 3.8) is 0 Å². The number of methoxy groups -OCH3 is 1. The molecule has 0 unspecified atom stereocenters. The van der Waals surface area contributed by atoms with Crippen molar-refractivity contribution in [3.8, 4) is 5.75 Å². The van der Waals surface area contributed by atoms with Crippen LogP contribution < -0.4 is 15.8 Å². The highest BCUT2D eigenvalue weighted by molar-refractivity contribution is 5.96. The van der Waals surface area contributed by atoms with Gasteiger partial charge in [0.1, 0.15) is 12.4 Å². The van der Waals surface area contributed by atoms with Crippen LogP contribution >= 0.6 is 0 Å². The Hall–Kier alpha value is -1.59. The van der Waals surface area contributed by atoms with Crippen LogP contribution in [0.1, 0.15) is 19.4 Å². The lowest BCUT2D eigenvalue weighted by molar-refractivity contribution is -0.118. The molecule has 0 spiro atoms. The molecule has 0 saturated heterocycles. The summed E-state index contributed by atoms with van der Waals surface area (Å²) in [4.78, 5) is 12.0. The van der Waals surface area contributed by atoms with Crippen LogP contribution in [0.25, 0.3) is 0 Å². The number of rotatable bonds is 7. The van der Waals surface area contributed by atoms with Crippen LogP contribution in [0.15, 0.2) is 18.2 Å². The number of amides is 1. The van der Waals surface area contributed by atoms with Gasteiger partial charge in [-0.3, -0.25) is 4.79 Å². The highest BCUT2D eigenvalue weighted by Gasteiger charge is 2.18. The minimum absolute atomic E-state index is 0.0818. The van der Waals surface area contributed by atoms with Crippen molar-refractivity contribution >= 4 is 11.6 Å². The molecular weight excluding hydrogens is 256 g/mol. The molecule has 1 amide bonds. The Bertz CT molecular complexity index is 447. The van der Waals surface area contributed by atoms with Crippen molar-refractivity contribution in [1.82, 2.24) is 0 Å². The first-order valence-electron chi connectivity index (χ1n) is 6.74. The lowest BCUT2D eigenvalue weighted by Gasteiger charge is -2.18. The third-order valence-electron chi connectivity index (χ3n) is 2.96. The number of anilines is 1. The molecule has 0 bridgehead atoms. The van der Waals surface area contributed by atoms with E-state index in [9.17, 15) is 4.79 Å². The molecule has 0 fully saturated rings. The monoisotopic (exact) mass is 280 g/mol. The average molecular weight is 280 g/mol. The van der Waals surface area contributed by atoms with Crippen molar-refractivity contribution in [2.45, 2.75) is 26.8 Å². The summed E-state index contributed by atoms with van der Waals surface area (Å²) >= 11 is 0. The molecule has 0 radical (unpaired) electrons. The molecule has 5 heteroatoms. The Balaban J connectivity index is 2.80. The van der Waals surface area contributed by atoms with E-state index in [4.69, 9.17) is 15.2 Å².